The molecule has 0 aliphatic carbocycles. The molecule has 0 saturated heterocycles. The Bertz CT molecular complexity index is 149. The molecule has 48 valence electrons. The van der Waals surface area contributed by atoms with Crippen molar-refractivity contribution >= 4 is 12.9 Å². The van der Waals surface area contributed by atoms with E-state index in [0.29, 0.717) is 0 Å². The van der Waals surface area contributed by atoms with Gasteiger partial charge >= 0.3 is 56.0 Å². The van der Waals surface area contributed by atoms with E-state index >= 15 is 0 Å². The molecule has 1 rings (SSSR count). The van der Waals surface area contributed by atoms with Crippen LogP contribution in [-0.4, -0.2) is 12.9 Å². The van der Waals surface area contributed by atoms with Crippen molar-refractivity contribution in [1.29, 1.82) is 0 Å². The topological polar surface area (TPSA) is 26.0 Å². The van der Waals surface area contributed by atoms with Crippen molar-refractivity contribution in [3.05, 3.63) is 11.8 Å². The van der Waals surface area contributed by atoms with Gasteiger partial charge in [-0.1, -0.05) is 0 Å². The second-order valence-electron chi connectivity index (χ2n) is 2.47. The summed E-state index contributed by atoms with van der Waals surface area (Å²) in [5.41, 5.74) is 6.44. The average molecular weight is 121 g/mol. The predicted molar refractivity (Wildman–Crippen MR) is 42.7 cm³/mol. The van der Waals surface area contributed by atoms with Gasteiger partial charge in [0.2, 0.25) is 0 Å². The molecule has 0 radical (unpaired) electrons. The van der Waals surface area contributed by atoms with E-state index in [1.165, 1.54) is 6.42 Å². The fourth-order valence-electron chi connectivity index (χ4n) is 0.984. The Labute approximate surface area is 56.8 Å². The third kappa shape index (κ3) is 1.70. The van der Waals surface area contributed by atoms with Crippen LogP contribution in [0.15, 0.2) is 11.8 Å². The summed E-state index contributed by atoms with van der Waals surface area (Å²) in [5.74, 6) is 2.73. The Morgan fingerprint density at radius 2 is 2.67 bits per heavy atom. The van der Waals surface area contributed by atoms with E-state index in [2.05, 4.69) is 19.9 Å². The van der Waals surface area contributed by atoms with Gasteiger partial charge in [-0.05, 0) is 0 Å². The fourth-order valence-corrected chi connectivity index (χ4v) is 0.984. The monoisotopic (exact) mass is 121 g/mol. The van der Waals surface area contributed by atoms with Gasteiger partial charge in [-0.25, -0.2) is 0 Å². The summed E-state index contributed by atoms with van der Waals surface area (Å²) >= 11 is 0. The molecule has 0 amide bonds. The van der Waals surface area contributed by atoms with Crippen LogP contribution in [0.1, 0.15) is 19.8 Å². The van der Waals surface area contributed by atoms with Crippen molar-refractivity contribution in [2.45, 2.75) is 25.6 Å². The van der Waals surface area contributed by atoms with Crippen LogP contribution in [-0.2, 0) is 0 Å². The average Bonchev–Trinajstić information content (AvgIpc) is 1.90. The number of allylic oxidation sites excluding steroid dienone is 2. The van der Waals surface area contributed by atoms with Gasteiger partial charge in [0.15, 0.2) is 0 Å². The third-order valence-corrected chi connectivity index (χ3v) is 1.74. The van der Waals surface area contributed by atoms with Crippen LogP contribution in [0.2, 0.25) is 5.82 Å². The summed E-state index contributed by atoms with van der Waals surface area (Å²) in [5, 5.41) is 0. The van der Waals surface area contributed by atoms with Gasteiger partial charge in [0.25, 0.3) is 0 Å². The fraction of sp³-hybridized carbons (Fsp3) is 0.571. The van der Waals surface area contributed by atoms with E-state index < -0.39 is 0 Å². The zero-order chi connectivity index (χ0) is 6.69. The summed E-state index contributed by atoms with van der Waals surface area (Å²) in [7, 11) is 0. The maximum atomic E-state index is 5.53. The van der Waals surface area contributed by atoms with Crippen LogP contribution in [0.5, 0.6) is 0 Å². The Morgan fingerprint density at radius 3 is 3.11 bits per heavy atom. The summed E-state index contributed by atoms with van der Waals surface area (Å²) in [6, 6.07) is 0. The summed E-state index contributed by atoms with van der Waals surface area (Å²) in [4.78, 5) is 0. The van der Waals surface area contributed by atoms with E-state index in [-0.39, 0.29) is 0 Å². The Kier molecular flexibility index (Phi) is 2.09. The number of hydrogen-bond donors (Lipinski definition) is 1. The second kappa shape index (κ2) is 2.86. The second-order valence-corrected chi connectivity index (χ2v) is 2.47. The quantitative estimate of drug-likeness (QED) is 0.513. The SMILES string of the molecule is CC[C@@H]1B=CC(N)=CC1. The van der Waals surface area contributed by atoms with Gasteiger partial charge in [-0.15, -0.1) is 0 Å². The normalized spacial score (nSPS) is 25.0. The summed E-state index contributed by atoms with van der Waals surface area (Å²) < 4.78 is 0. The van der Waals surface area contributed by atoms with Crippen molar-refractivity contribution in [3.63, 3.8) is 0 Å². The molecule has 0 bridgehead atoms. The Balaban J connectivity index is 2.48. The number of nitrogens with two attached hydrogens (primary N) is 1. The van der Waals surface area contributed by atoms with Crippen molar-refractivity contribution in [2.75, 3.05) is 0 Å². The van der Waals surface area contributed by atoms with Gasteiger partial charge < -0.3 is 0 Å². The van der Waals surface area contributed by atoms with Gasteiger partial charge in [-0.3, -0.25) is 0 Å². The molecule has 1 heterocycles. The molecule has 2 heteroatoms. The minimum atomic E-state index is 0.734. The molecule has 0 spiro atoms. The first-order valence-corrected chi connectivity index (χ1v) is 3.46. The van der Waals surface area contributed by atoms with E-state index in [4.69, 9.17) is 5.73 Å². The van der Waals surface area contributed by atoms with Crippen LogP contribution >= 0.6 is 0 Å². The Morgan fingerprint density at radius 1 is 1.89 bits per heavy atom. The molecule has 0 aromatic rings. The van der Waals surface area contributed by atoms with E-state index in [9.17, 15) is 0 Å². The maximum absolute atomic E-state index is 5.53. The van der Waals surface area contributed by atoms with Crippen molar-refractivity contribution in [3.8, 4) is 0 Å². The molecule has 1 atom stereocenters. The molecule has 0 fully saturated rings. The molecule has 0 saturated carbocycles. The first-order valence-electron chi connectivity index (χ1n) is 3.46. The number of rotatable bonds is 1. The van der Waals surface area contributed by atoms with E-state index in [1.54, 1.807) is 0 Å². The molecule has 0 unspecified atom stereocenters. The molecule has 1 aliphatic heterocycles. The standard InChI is InChI=1S/C7H12BN/c1-2-6-3-4-7(9)5-8-6/h4-6H,2-3,9H2,1H3/t6-/m0/s1. The molecule has 1 nitrogen and oxygen atoms in total. The van der Waals surface area contributed by atoms with E-state index in [1.807, 2.05) is 5.97 Å². The molecular weight excluding hydrogens is 109 g/mol. The molecule has 2 N–H and O–H groups in total. The van der Waals surface area contributed by atoms with Crippen LogP contribution in [0.4, 0.5) is 0 Å². The van der Waals surface area contributed by atoms with Crippen molar-refractivity contribution in [1.82, 2.24) is 0 Å². The Hall–Kier alpha value is -0.525. The van der Waals surface area contributed by atoms with E-state index in [0.717, 1.165) is 17.9 Å². The van der Waals surface area contributed by atoms with Gasteiger partial charge in [0, 0.05) is 0 Å². The zero-order valence-corrected chi connectivity index (χ0v) is 5.80. The van der Waals surface area contributed by atoms with Crippen LogP contribution in [0, 0.1) is 0 Å². The van der Waals surface area contributed by atoms with Gasteiger partial charge in [0.05, 0.1) is 0 Å². The van der Waals surface area contributed by atoms with Crippen LogP contribution in [0.25, 0.3) is 0 Å². The molecule has 9 heavy (non-hydrogen) atoms. The third-order valence-electron chi connectivity index (χ3n) is 1.74. The summed E-state index contributed by atoms with van der Waals surface area (Å²) in [6.07, 6.45) is 4.44. The van der Waals surface area contributed by atoms with Crippen molar-refractivity contribution in [2.24, 2.45) is 5.73 Å². The summed E-state index contributed by atoms with van der Waals surface area (Å²) in [6.45, 7) is 4.39. The van der Waals surface area contributed by atoms with Gasteiger partial charge in [0.1, 0.15) is 0 Å². The minimum absolute atomic E-state index is 0.734. The van der Waals surface area contributed by atoms with Crippen LogP contribution in [0.3, 0.4) is 0 Å². The molecule has 0 aromatic carbocycles. The van der Waals surface area contributed by atoms with Crippen LogP contribution < -0.4 is 5.73 Å². The van der Waals surface area contributed by atoms with Crippen molar-refractivity contribution < 1.29 is 0 Å². The van der Waals surface area contributed by atoms with Gasteiger partial charge in [-0.2, -0.15) is 0 Å². The predicted octanol–water partition coefficient (Wildman–Crippen LogP) is 0.938. The molecular formula is C7H12BN. The number of hydrogen-bond acceptors (Lipinski definition) is 1. The molecule has 0 aromatic heterocycles. The first kappa shape index (κ1) is 6.59. The molecule has 1 aliphatic rings. The first-order chi connectivity index (χ1) is 4.33. The zero-order valence-electron chi connectivity index (χ0n) is 5.80.